The quantitative estimate of drug-likeness (QED) is 0.794. The van der Waals surface area contributed by atoms with Crippen LogP contribution in [0.2, 0.25) is 0 Å². The maximum Gasteiger partial charge on any atom is 0.0636 e. The third-order valence-electron chi connectivity index (χ3n) is 2.83. The van der Waals surface area contributed by atoms with Gasteiger partial charge in [0.1, 0.15) is 0 Å². The Morgan fingerprint density at radius 2 is 1.93 bits per heavy atom. The summed E-state index contributed by atoms with van der Waals surface area (Å²) in [5.74, 6) is 0. The normalized spacial score (nSPS) is 15.0. The lowest BCUT2D eigenvalue weighted by molar-refractivity contribution is 0.187. The molecule has 1 aromatic rings. The van der Waals surface area contributed by atoms with E-state index in [0.29, 0.717) is 12.6 Å². The van der Waals surface area contributed by atoms with Crippen molar-refractivity contribution in [2.45, 2.75) is 39.8 Å². The summed E-state index contributed by atoms with van der Waals surface area (Å²) in [5.41, 5.74) is 3.97. The number of hydrogen-bond donors (Lipinski definition) is 2. The standard InChI is InChI=1S/C13H21NO/c1-9-6-5-7-13(11(9)3)12(4)14-8-10(2)15/h5-7,10,12,14-15H,8H2,1-4H3/t10-,12?/m1/s1. The summed E-state index contributed by atoms with van der Waals surface area (Å²) < 4.78 is 0. The Bertz CT molecular complexity index is 320. The minimum Gasteiger partial charge on any atom is -0.392 e. The topological polar surface area (TPSA) is 32.3 Å². The van der Waals surface area contributed by atoms with Gasteiger partial charge >= 0.3 is 0 Å². The second-order valence-corrected chi connectivity index (χ2v) is 4.27. The van der Waals surface area contributed by atoms with E-state index in [9.17, 15) is 5.11 Å². The van der Waals surface area contributed by atoms with Crippen molar-refractivity contribution in [2.24, 2.45) is 0 Å². The molecular formula is C13H21NO. The fraction of sp³-hybridized carbons (Fsp3) is 0.538. The van der Waals surface area contributed by atoms with Crippen LogP contribution in [0.15, 0.2) is 18.2 Å². The zero-order valence-corrected chi connectivity index (χ0v) is 10.0. The summed E-state index contributed by atoms with van der Waals surface area (Å²) in [4.78, 5) is 0. The Morgan fingerprint density at radius 1 is 1.27 bits per heavy atom. The van der Waals surface area contributed by atoms with E-state index in [4.69, 9.17) is 0 Å². The molecule has 15 heavy (non-hydrogen) atoms. The largest absolute Gasteiger partial charge is 0.392 e. The van der Waals surface area contributed by atoms with Gasteiger partial charge in [-0.1, -0.05) is 18.2 Å². The van der Waals surface area contributed by atoms with Gasteiger partial charge in [0.15, 0.2) is 0 Å². The van der Waals surface area contributed by atoms with E-state index in [-0.39, 0.29) is 6.10 Å². The molecule has 0 aromatic heterocycles. The molecule has 0 aliphatic rings. The van der Waals surface area contributed by atoms with E-state index in [1.54, 1.807) is 6.92 Å². The van der Waals surface area contributed by atoms with Crippen LogP contribution in [0.3, 0.4) is 0 Å². The van der Waals surface area contributed by atoms with Gasteiger partial charge in [-0.15, -0.1) is 0 Å². The Labute approximate surface area is 92.3 Å². The molecule has 0 heterocycles. The van der Waals surface area contributed by atoms with Crippen LogP contribution in [0.5, 0.6) is 0 Å². The first-order valence-corrected chi connectivity index (χ1v) is 5.50. The molecule has 0 amide bonds. The van der Waals surface area contributed by atoms with Crippen LogP contribution in [0, 0.1) is 13.8 Å². The van der Waals surface area contributed by atoms with Gasteiger partial charge in [0, 0.05) is 12.6 Å². The number of aliphatic hydroxyl groups excluding tert-OH is 1. The number of aryl methyl sites for hydroxylation is 1. The van der Waals surface area contributed by atoms with Crippen LogP contribution in [-0.4, -0.2) is 17.8 Å². The Balaban J connectivity index is 2.73. The molecule has 2 N–H and O–H groups in total. The van der Waals surface area contributed by atoms with Crippen molar-refractivity contribution >= 4 is 0 Å². The van der Waals surface area contributed by atoms with E-state index in [0.717, 1.165) is 0 Å². The lowest BCUT2D eigenvalue weighted by Crippen LogP contribution is -2.27. The summed E-state index contributed by atoms with van der Waals surface area (Å²) >= 11 is 0. The van der Waals surface area contributed by atoms with Crippen molar-refractivity contribution in [2.75, 3.05) is 6.54 Å². The lowest BCUT2D eigenvalue weighted by atomic mass is 9.98. The van der Waals surface area contributed by atoms with Gasteiger partial charge in [-0.3, -0.25) is 0 Å². The summed E-state index contributed by atoms with van der Waals surface area (Å²) in [5, 5.41) is 12.5. The highest BCUT2D eigenvalue weighted by atomic mass is 16.3. The fourth-order valence-electron chi connectivity index (χ4n) is 1.70. The van der Waals surface area contributed by atoms with Crippen LogP contribution < -0.4 is 5.32 Å². The number of benzene rings is 1. The predicted molar refractivity (Wildman–Crippen MR) is 64.0 cm³/mol. The van der Waals surface area contributed by atoms with Crippen molar-refractivity contribution in [3.63, 3.8) is 0 Å². The average molecular weight is 207 g/mol. The zero-order valence-electron chi connectivity index (χ0n) is 10.0. The number of hydrogen-bond acceptors (Lipinski definition) is 2. The molecule has 0 aliphatic heterocycles. The fourth-order valence-corrected chi connectivity index (χ4v) is 1.70. The van der Waals surface area contributed by atoms with Crippen LogP contribution in [0.4, 0.5) is 0 Å². The lowest BCUT2D eigenvalue weighted by Gasteiger charge is -2.18. The maximum atomic E-state index is 9.21. The first kappa shape index (κ1) is 12.2. The van der Waals surface area contributed by atoms with Crippen molar-refractivity contribution < 1.29 is 5.11 Å². The molecule has 84 valence electrons. The van der Waals surface area contributed by atoms with Crippen molar-refractivity contribution in [1.82, 2.24) is 5.32 Å². The van der Waals surface area contributed by atoms with Crippen molar-refractivity contribution in [3.05, 3.63) is 34.9 Å². The minimum absolute atomic E-state index is 0.291. The number of aliphatic hydroxyl groups is 1. The third kappa shape index (κ3) is 3.33. The van der Waals surface area contributed by atoms with Crippen molar-refractivity contribution in [1.29, 1.82) is 0 Å². The van der Waals surface area contributed by atoms with E-state index in [1.807, 2.05) is 0 Å². The molecular weight excluding hydrogens is 186 g/mol. The van der Waals surface area contributed by atoms with Gasteiger partial charge in [0.05, 0.1) is 6.10 Å². The highest BCUT2D eigenvalue weighted by molar-refractivity contribution is 5.34. The molecule has 1 unspecified atom stereocenters. The van der Waals surface area contributed by atoms with Gasteiger partial charge in [-0.2, -0.15) is 0 Å². The predicted octanol–water partition coefficient (Wildman–Crippen LogP) is 2.33. The molecule has 0 aliphatic carbocycles. The van der Waals surface area contributed by atoms with Crippen LogP contribution in [0.25, 0.3) is 0 Å². The van der Waals surface area contributed by atoms with Gasteiger partial charge < -0.3 is 10.4 Å². The summed E-state index contributed by atoms with van der Waals surface area (Å²) in [7, 11) is 0. The van der Waals surface area contributed by atoms with Crippen LogP contribution >= 0.6 is 0 Å². The first-order valence-electron chi connectivity index (χ1n) is 5.50. The third-order valence-corrected chi connectivity index (χ3v) is 2.83. The second-order valence-electron chi connectivity index (χ2n) is 4.27. The van der Waals surface area contributed by atoms with Gasteiger partial charge in [0.25, 0.3) is 0 Å². The van der Waals surface area contributed by atoms with Gasteiger partial charge in [-0.05, 0) is 44.4 Å². The molecule has 2 heteroatoms. The molecule has 0 saturated carbocycles. The van der Waals surface area contributed by atoms with Crippen LogP contribution in [-0.2, 0) is 0 Å². The molecule has 1 rings (SSSR count). The average Bonchev–Trinajstić information content (AvgIpc) is 2.18. The minimum atomic E-state index is -0.294. The van der Waals surface area contributed by atoms with E-state index < -0.39 is 0 Å². The molecule has 1 aromatic carbocycles. The van der Waals surface area contributed by atoms with E-state index in [2.05, 4.69) is 44.3 Å². The SMILES string of the molecule is Cc1cccc(C(C)NC[C@@H](C)O)c1C. The number of nitrogens with one attached hydrogen (secondary N) is 1. The molecule has 2 atom stereocenters. The summed E-state index contributed by atoms with van der Waals surface area (Å²) in [6.07, 6.45) is -0.294. The number of rotatable bonds is 4. The second kappa shape index (κ2) is 5.29. The van der Waals surface area contributed by atoms with E-state index in [1.165, 1.54) is 16.7 Å². The van der Waals surface area contributed by atoms with Crippen LogP contribution in [0.1, 0.15) is 36.6 Å². The Hall–Kier alpha value is -0.860. The molecule has 0 spiro atoms. The van der Waals surface area contributed by atoms with Gasteiger partial charge in [-0.25, -0.2) is 0 Å². The molecule has 0 saturated heterocycles. The highest BCUT2D eigenvalue weighted by Gasteiger charge is 2.09. The smallest absolute Gasteiger partial charge is 0.0636 e. The highest BCUT2D eigenvalue weighted by Crippen LogP contribution is 2.19. The maximum absolute atomic E-state index is 9.21. The molecule has 0 bridgehead atoms. The Kier molecular flexibility index (Phi) is 4.30. The molecule has 0 fully saturated rings. The van der Waals surface area contributed by atoms with E-state index >= 15 is 0 Å². The Morgan fingerprint density at radius 3 is 2.53 bits per heavy atom. The summed E-state index contributed by atoms with van der Waals surface area (Å²) in [6, 6.07) is 6.64. The summed E-state index contributed by atoms with van der Waals surface area (Å²) in [6.45, 7) is 8.83. The monoisotopic (exact) mass is 207 g/mol. The van der Waals surface area contributed by atoms with Gasteiger partial charge in [0.2, 0.25) is 0 Å². The molecule has 0 radical (unpaired) electrons. The zero-order chi connectivity index (χ0) is 11.4. The molecule has 2 nitrogen and oxygen atoms in total. The van der Waals surface area contributed by atoms with Crippen molar-refractivity contribution in [3.8, 4) is 0 Å². The first-order chi connectivity index (χ1) is 7.02.